The van der Waals surface area contributed by atoms with Crippen molar-refractivity contribution in [3.63, 3.8) is 0 Å². The van der Waals surface area contributed by atoms with Crippen molar-refractivity contribution >= 4 is 11.8 Å². The van der Waals surface area contributed by atoms with Crippen LogP contribution in [0.25, 0.3) is 0 Å². The van der Waals surface area contributed by atoms with E-state index in [1.165, 1.54) is 6.42 Å². The van der Waals surface area contributed by atoms with Gasteiger partial charge in [0.15, 0.2) is 0 Å². The van der Waals surface area contributed by atoms with E-state index < -0.39 is 0 Å². The lowest BCUT2D eigenvalue weighted by atomic mass is 9.85. The van der Waals surface area contributed by atoms with Crippen molar-refractivity contribution in [2.24, 2.45) is 11.8 Å². The van der Waals surface area contributed by atoms with Crippen molar-refractivity contribution in [1.29, 1.82) is 0 Å². The van der Waals surface area contributed by atoms with E-state index in [1.54, 1.807) is 4.90 Å². The summed E-state index contributed by atoms with van der Waals surface area (Å²) in [5.41, 5.74) is 0. The summed E-state index contributed by atoms with van der Waals surface area (Å²) in [5.74, 6) is 0.122. The standard InChI is InChI=1S/C14H19NO2/c16-13-11-8-4-5-9-12(11)14(17)15(13)10-6-2-1-3-7-10/h4-5,10-12H,1-3,6-9H2/t11-,12-/m0/s1. The highest BCUT2D eigenvalue weighted by atomic mass is 16.2. The second-order valence-corrected chi connectivity index (χ2v) is 5.49. The molecule has 0 aromatic rings. The molecule has 2 amide bonds. The first-order valence-electron chi connectivity index (χ1n) is 6.81. The molecule has 92 valence electrons. The van der Waals surface area contributed by atoms with E-state index in [0.29, 0.717) is 0 Å². The summed E-state index contributed by atoms with van der Waals surface area (Å²) in [6, 6.07) is 0.203. The third-order valence-corrected chi connectivity index (χ3v) is 4.48. The lowest BCUT2D eigenvalue weighted by Gasteiger charge is -2.29. The molecule has 2 fully saturated rings. The Labute approximate surface area is 102 Å². The van der Waals surface area contributed by atoms with Crippen LogP contribution >= 0.6 is 0 Å². The molecule has 2 aliphatic carbocycles. The monoisotopic (exact) mass is 233 g/mol. The van der Waals surface area contributed by atoms with Gasteiger partial charge in [-0.2, -0.15) is 0 Å². The third kappa shape index (κ3) is 1.72. The number of imide groups is 1. The average Bonchev–Trinajstić information content (AvgIpc) is 2.64. The molecular weight excluding hydrogens is 214 g/mol. The Morgan fingerprint density at radius 3 is 1.94 bits per heavy atom. The Morgan fingerprint density at radius 1 is 0.882 bits per heavy atom. The molecule has 0 unspecified atom stereocenters. The van der Waals surface area contributed by atoms with Crippen LogP contribution in [-0.2, 0) is 9.59 Å². The molecule has 1 saturated carbocycles. The molecule has 3 heteroatoms. The SMILES string of the molecule is O=C1[C@H]2CC=CC[C@@H]2C(=O)N1C1CCCCC1. The van der Waals surface area contributed by atoms with Crippen LogP contribution in [0, 0.1) is 11.8 Å². The fraction of sp³-hybridized carbons (Fsp3) is 0.714. The van der Waals surface area contributed by atoms with E-state index in [4.69, 9.17) is 0 Å². The number of fused-ring (bicyclic) bond motifs is 1. The zero-order valence-corrected chi connectivity index (χ0v) is 10.1. The van der Waals surface area contributed by atoms with Crippen LogP contribution in [0.5, 0.6) is 0 Å². The highest BCUT2D eigenvalue weighted by Crippen LogP contribution is 2.38. The Kier molecular flexibility index (Phi) is 2.77. The highest BCUT2D eigenvalue weighted by molar-refractivity contribution is 6.05. The molecule has 1 aliphatic heterocycles. The molecule has 0 aromatic carbocycles. The number of hydrogen-bond donors (Lipinski definition) is 0. The number of carbonyl (C=O) groups is 2. The summed E-state index contributed by atoms with van der Waals surface area (Å²) < 4.78 is 0. The quantitative estimate of drug-likeness (QED) is 0.514. The zero-order chi connectivity index (χ0) is 11.8. The maximum Gasteiger partial charge on any atom is 0.233 e. The number of rotatable bonds is 1. The van der Waals surface area contributed by atoms with Gasteiger partial charge in [0.2, 0.25) is 11.8 Å². The molecule has 1 saturated heterocycles. The first kappa shape index (κ1) is 11.0. The lowest BCUT2D eigenvalue weighted by molar-refractivity contribution is -0.143. The molecule has 3 rings (SSSR count). The van der Waals surface area contributed by atoms with E-state index in [0.717, 1.165) is 38.5 Å². The molecule has 3 aliphatic rings. The number of nitrogens with zero attached hydrogens (tertiary/aromatic N) is 1. The fourth-order valence-electron chi connectivity index (χ4n) is 3.53. The zero-order valence-electron chi connectivity index (χ0n) is 10.1. The lowest BCUT2D eigenvalue weighted by Crippen LogP contribution is -2.41. The molecule has 0 radical (unpaired) electrons. The van der Waals surface area contributed by atoms with Crippen LogP contribution in [0.1, 0.15) is 44.9 Å². The number of hydrogen-bond acceptors (Lipinski definition) is 2. The van der Waals surface area contributed by atoms with Crippen LogP contribution in [0.15, 0.2) is 12.2 Å². The van der Waals surface area contributed by atoms with Crippen molar-refractivity contribution in [2.75, 3.05) is 0 Å². The summed E-state index contributed by atoms with van der Waals surface area (Å²) in [6.07, 6.45) is 11.2. The van der Waals surface area contributed by atoms with E-state index >= 15 is 0 Å². The van der Waals surface area contributed by atoms with Gasteiger partial charge in [-0.1, -0.05) is 31.4 Å². The van der Waals surface area contributed by atoms with Gasteiger partial charge in [-0.15, -0.1) is 0 Å². The minimum Gasteiger partial charge on any atom is -0.279 e. The van der Waals surface area contributed by atoms with Crippen molar-refractivity contribution in [1.82, 2.24) is 4.90 Å². The summed E-state index contributed by atoms with van der Waals surface area (Å²) in [7, 11) is 0. The van der Waals surface area contributed by atoms with E-state index in [9.17, 15) is 9.59 Å². The van der Waals surface area contributed by atoms with Crippen LogP contribution in [0.3, 0.4) is 0 Å². The minimum atomic E-state index is -0.0468. The van der Waals surface area contributed by atoms with E-state index in [2.05, 4.69) is 12.2 Å². The Bertz CT molecular complexity index is 342. The van der Waals surface area contributed by atoms with E-state index in [-0.39, 0.29) is 29.7 Å². The smallest absolute Gasteiger partial charge is 0.233 e. The predicted molar refractivity (Wildman–Crippen MR) is 64.1 cm³/mol. The van der Waals surface area contributed by atoms with Crippen LogP contribution in [0.2, 0.25) is 0 Å². The Hall–Kier alpha value is -1.12. The molecule has 0 bridgehead atoms. The Morgan fingerprint density at radius 2 is 1.41 bits per heavy atom. The number of allylic oxidation sites excluding steroid dienone is 2. The van der Waals surface area contributed by atoms with Crippen LogP contribution in [-0.4, -0.2) is 22.8 Å². The van der Waals surface area contributed by atoms with Gasteiger partial charge >= 0.3 is 0 Å². The maximum absolute atomic E-state index is 12.3. The fourth-order valence-corrected chi connectivity index (χ4v) is 3.53. The molecule has 17 heavy (non-hydrogen) atoms. The topological polar surface area (TPSA) is 37.4 Å². The van der Waals surface area contributed by atoms with Crippen molar-refractivity contribution < 1.29 is 9.59 Å². The number of likely N-dealkylation sites (tertiary alicyclic amines) is 1. The van der Waals surface area contributed by atoms with Crippen molar-refractivity contribution in [2.45, 2.75) is 51.0 Å². The Balaban J connectivity index is 1.81. The molecular formula is C14H19NO2. The second-order valence-electron chi connectivity index (χ2n) is 5.49. The summed E-state index contributed by atoms with van der Waals surface area (Å²) in [4.78, 5) is 26.3. The molecule has 0 aromatic heterocycles. The molecule has 2 atom stereocenters. The first-order valence-corrected chi connectivity index (χ1v) is 6.81. The highest BCUT2D eigenvalue weighted by Gasteiger charge is 2.49. The van der Waals surface area contributed by atoms with Gasteiger partial charge in [-0.05, 0) is 25.7 Å². The minimum absolute atomic E-state index is 0.0468. The van der Waals surface area contributed by atoms with Gasteiger partial charge in [0.05, 0.1) is 11.8 Å². The van der Waals surface area contributed by atoms with Gasteiger partial charge in [-0.3, -0.25) is 14.5 Å². The summed E-state index contributed by atoms with van der Waals surface area (Å²) >= 11 is 0. The van der Waals surface area contributed by atoms with Crippen LogP contribution < -0.4 is 0 Å². The first-order chi connectivity index (χ1) is 8.29. The normalized spacial score (nSPS) is 34.2. The summed E-state index contributed by atoms with van der Waals surface area (Å²) in [6.45, 7) is 0. The van der Waals surface area contributed by atoms with Gasteiger partial charge in [0.25, 0.3) is 0 Å². The third-order valence-electron chi connectivity index (χ3n) is 4.48. The average molecular weight is 233 g/mol. The van der Waals surface area contributed by atoms with Gasteiger partial charge in [0.1, 0.15) is 0 Å². The van der Waals surface area contributed by atoms with Gasteiger partial charge in [-0.25, -0.2) is 0 Å². The molecule has 3 nitrogen and oxygen atoms in total. The summed E-state index contributed by atoms with van der Waals surface area (Å²) in [5, 5.41) is 0. The second kappa shape index (κ2) is 4.28. The van der Waals surface area contributed by atoms with Crippen molar-refractivity contribution in [3.8, 4) is 0 Å². The molecule has 1 heterocycles. The predicted octanol–water partition coefficient (Wildman–Crippen LogP) is 2.27. The van der Waals surface area contributed by atoms with Gasteiger partial charge in [0, 0.05) is 6.04 Å². The molecule has 0 N–H and O–H groups in total. The van der Waals surface area contributed by atoms with Crippen LogP contribution in [0.4, 0.5) is 0 Å². The van der Waals surface area contributed by atoms with E-state index in [1.807, 2.05) is 0 Å². The molecule has 0 spiro atoms. The number of carbonyl (C=O) groups excluding carboxylic acids is 2. The maximum atomic E-state index is 12.3. The van der Waals surface area contributed by atoms with Crippen molar-refractivity contribution in [3.05, 3.63) is 12.2 Å². The largest absolute Gasteiger partial charge is 0.279 e. The number of amides is 2. The van der Waals surface area contributed by atoms with Gasteiger partial charge < -0.3 is 0 Å².